The highest BCUT2D eigenvalue weighted by Crippen LogP contribution is 2.20. The first-order valence-electron chi connectivity index (χ1n) is 7.13. The molecule has 5 heteroatoms. The molecule has 1 aromatic carbocycles. The number of anilines is 1. The van der Waals surface area contributed by atoms with Crippen LogP contribution in [0.2, 0.25) is 5.02 Å². The van der Waals surface area contributed by atoms with Gasteiger partial charge < -0.3 is 14.8 Å². The maximum absolute atomic E-state index is 12.2. The molecule has 1 amide bonds. The van der Waals surface area contributed by atoms with Gasteiger partial charge in [-0.2, -0.15) is 0 Å². The molecule has 1 aliphatic rings. The molecule has 0 saturated carbocycles. The third-order valence-electron chi connectivity index (χ3n) is 3.81. The van der Waals surface area contributed by atoms with Gasteiger partial charge in [-0.25, -0.2) is 0 Å². The number of halogens is 1. The van der Waals surface area contributed by atoms with Gasteiger partial charge in [0.2, 0.25) is 5.91 Å². The van der Waals surface area contributed by atoms with Gasteiger partial charge >= 0.3 is 0 Å². The summed E-state index contributed by atoms with van der Waals surface area (Å²) < 4.78 is 0. The number of H-pyrrole nitrogens is 1. The van der Waals surface area contributed by atoms with Crippen LogP contribution in [0.3, 0.4) is 0 Å². The van der Waals surface area contributed by atoms with Crippen molar-refractivity contribution in [3.05, 3.63) is 53.3 Å². The van der Waals surface area contributed by atoms with Crippen molar-refractivity contribution in [1.82, 2.24) is 9.88 Å². The molecule has 1 N–H and O–H groups in total. The van der Waals surface area contributed by atoms with E-state index in [1.807, 2.05) is 41.4 Å². The fraction of sp³-hybridized carbons (Fsp3) is 0.312. The highest BCUT2D eigenvalue weighted by molar-refractivity contribution is 6.30. The van der Waals surface area contributed by atoms with Gasteiger partial charge in [-0.15, -0.1) is 0 Å². The second-order valence-corrected chi connectivity index (χ2v) is 5.66. The van der Waals surface area contributed by atoms with Crippen molar-refractivity contribution < 1.29 is 4.79 Å². The van der Waals surface area contributed by atoms with Gasteiger partial charge in [-0.1, -0.05) is 17.7 Å². The number of benzene rings is 1. The molecule has 2 heterocycles. The standard InChI is InChI=1S/C16H18ClN3O/c17-13-3-1-5-15(11-13)19-7-9-20(10-8-19)16(21)12-14-4-2-6-18-14/h1-6,11,18H,7-10,12H2. The first-order valence-corrected chi connectivity index (χ1v) is 7.51. The number of rotatable bonds is 3. The summed E-state index contributed by atoms with van der Waals surface area (Å²) in [5, 5.41) is 0.748. The summed E-state index contributed by atoms with van der Waals surface area (Å²) in [6.45, 7) is 3.20. The quantitative estimate of drug-likeness (QED) is 0.946. The third kappa shape index (κ3) is 3.39. The smallest absolute Gasteiger partial charge is 0.228 e. The Bertz CT molecular complexity index is 604. The fourth-order valence-electron chi connectivity index (χ4n) is 2.64. The zero-order valence-corrected chi connectivity index (χ0v) is 12.5. The Balaban J connectivity index is 1.56. The molecule has 1 fully saturated rings. The predicted octanol–water partition coefficient (Wildman–Crippen LogP) is 2.56. The van der Waals surface area contributed by atoms with E-state index in [0.717, 1.165) is 42.6 Å². The van der Waals surface area contributed by atoms with E-state index in [1.165, 1.54) is 0 Å². The SMILES string of the molecule is O=C(Cc1ccc[nH]1)N1CCN(c2cccc(Cl)c2)CC1. The highest BCUT2D eigenvalue weighted by atomic mass is 35.5. The number of hydrogen-bond donors (Lipinski definition) is 1. The molecular weight excluding hydrogens is 286 g/mol. The van der Waals surface area contributed by atoms with Crippen LogP contribution in [0.15, 0.2) is 42.6 Å². The van der Waals surface area contributed by atoms with Crippen LogP contribution in [0.5, 0.6) is 0 Å². The van der Waals surface area contributed by atoms with Crippen LogP contribution in [0, 0.1) is 0 Å². The first-order chi connectivity index (χ1) is 10.2. The summed E-state index contributed by atoms with van der Waals surface area (Å²) >= 11 is 6.03. The van der Waals surface area contributed by atoms with Gasteiger partial charge in [0, 0.05) is 48.8 Å². The molecule has 1 aromatic heterocycles. The van der Waals surface area contributed by atoms with Gasteiger partial charge in [-0.05, 0) is 30.3 Å². The molecule has 21 heavy (non-hydrogen) atoms. The minimum atomic E-state index is 0.184. The number of aromatic nitrogens is 1. The molecule has 0 aliphatic carbocycles. The molecule has 0 bridgehead atoms. The minimum Gasteiger partial charge on any atom is -0.368 e. The van der Waals surface area contributed by atoms with Crippen LogP contribution >= 0.6 is 11.6 Å². The zero-order valence-electron chi connectivity index (χ0n) is 11.8. The van der Waals surface area contributed by atoms with Gasteiger partial charge in [0.25, 0.3) is 0 Å². The Labute approximate surface area is 129 Å². The van der Waals surface area contributed by atoms with E-state index in [4.69, 9.17) is 11.6 Å². The van der Waals surface area contributed by atoms with Crippen molar-refractivity contribution >= 4 is 23.2 Å². The predicted molar refractivity (Wildman–Crippen MR) is 84.7 cm³/mol. The third-order valence-corrected chi connectivity index (χ3v) is 4.04. The van der Waals surface area contributed by atoms with Crippen molar-refractivity contribution in [2.45, 2.75) is 6.42 Å². The van der Waals surface area contributed by atoms with E-state index in [1.54, 1.807) is 0 Å². The second-order valence-electron chi connectivity index (χ2n) is 5.22. The highest BCUT2D eigenvalue weighted by Gasteiger charge is 2.21. The van der Waals surface area contributed by atoms with Gasteiger partial charge in [0.1, 0.15) is 0 Å². The molecule has 0 atom stereocenters. The van der Waals surface area contributed by atoms with Crippen molar-refractivity contribution in [1.29, 1.82) is 0 Å². The molecule has 110 valence electrons. The molecule has 0 radical (unpaired) electrons. The Hall–Kier alpha value is -1.94. The fourth-order valence-corrected chi connectivity index (χ4v) is 2.82. The number of carbonyl (C=O) groups excluding carboxylic acids is 1. The Morgan fingerprint density at radius 2 is 1.95 bits per heavy atom. The van der Waals surface area contributed by atoms with Crippen LogP contribution < -0.4 is 4.90 Å². The number of aromatic amines is 1. The lowest BCUT2D eigenvalue weighted by molar-refractivity contribution is -0.130. The molecule has 4 nitrogen and oxygen atoms in total. The lowest BCUT2D eigenvalue weighted by Gasteiger charge is -2.36. The molecule has 0 unspecified atom stereocenters. The first kappa shape index (κ1) is 14.0. The van der Waals surface area contributed by atoms with Crippen molar-refractivity contribution in [2.24, 2.45) is 0 Å². The number of carbonyl (C=O) groups is 1. The Kier molecular flexibility index (Phi) is 4.15. The van der Waals surface area contributed by atoms with E-state index in [9.17, 15) is 4.79 Å². The number of piperazine rings is 1. The summed E-state index contributed by atoms with van der Waals surface area (Å²) in [5.74, 6) is 0.184. The monoisotopic (exact) mass is 303 g/mol. The lowest BCUT2D eigenvalue weighted by Crippen LogP contribution is -2.49. The molecule has 1 aliphatic heterocycles. The van der Waals surface area contributed by atoms with Crippen molar-refractivity contribution in [3.63, 3.8) is 0 Å². The Morgan fingerprint density at radius 1 is 1.14 bits per heavy atom. The number of amides is 1. The van der Waals surface area contributed by atoms with Crippen LogP contribution in [0.25, 0.3) is 0 Å². The summed E-state index contributed by atoms with van der Waals surface area (Å²) in [6, 6.07) is 11.7. The summed E-state index contributed by atoms with van der Waals surface area (Å²) in [4.78, 5) is 19.5. The maximum Gasteiger partial charge on any atom is 0.228 e. The maximum atomic E-state index is 12.2. The summed E-state index contributed by atoms with van der Waals surface area (Å²) in [5.41, 5.74) is 2.09. The van der Waals surface area contributed by atoms with Crippen LogP contribution in [-0.2, 0) is 11.2 Å². The largest absolute Gasteiger partial charge is 0.368 e. The molecule has 1 saturated heterocycles. The van der Waals surface area contributed by atoms with Crippen molar-refractivity contribution in [2.75, 3.05) is 31.1 Å². The summed E-state index contributed by atoms with van der Waals surface area (Å²) in [6.07, 6.45) is 2.30. The van der Waals surface area contributed by atoms with Gasteiger partial charge in [-0.3, -0.25) is 4.79 Å². The van der Waals surface area contributed by atoms with E-state index >= 15 is 0 Å². The van der Waals surface area contributed by atoms with Gasteiger partial charge in [0.15, 0.2) is 0 Å². The average molecular weight is 304 g/mol. The normalized spacial score (nSPS) is 15.3. The van der Waals surface area contributed by atoms with Crippen LogP contribution in [0.1, 0.15) is 5.69 Å². The van der Waals surface area contributed by atoms with E-state index in [2.05, 4.69) is 16.0 Å². The molecular formula is C16H18ClN3O. The zero-order chi connectivity index (χ0) is 14.7. The second kappa shape index (κ2) is 6.22. The Morgan fingerprint density at radius 3 is 2.62 bits per heavy atom. The topological polar surface area (TPSA) is 39.3 Å². The average Bonchev–Trinajstić information content (AvgIpc) is 3.00. The van der Waals surface area contributed by atoms with E-state index < -0.39 is 0 Å². The van der Waals surface area contributed by atoms with Crippen LogP contribution in [0.4, 0.5) is 5.69 Å². The van der Waals surface area contributed by atoms with E-state index in [0.29, 0.717) is 6.42 Å². The number of nitrogens with zero attached hydrogens (tertiary/aromatic N) is 2. The van der Waals surface area contributed by atoms with E-state index in [-0.39, 0.29) is 5.91 Å². The summed E-state index contributed by atoms with van der Waals surface area (Å²) in [7, 11) is 0. The van der Waals surface area contributed by atoms with Crippen molar-refractivity contribution in [3.8, 4) is 0 Å². The van der Waals surface area contributed by atoms with Crippen LogP contribution in [-0.4, -0.2) is 42.0 Å². The number of nitrogens with one attached hydrogen (secondary N) is 1. The minimum absolute atomic E-state index is 0.184. The van der Waals surface area contributed by atoms with Gasteiger partial charge in [0.05, 0.1) is 6.42 Å². The number of hydrogen-bond acceptors (Lipinski definition) is 2. The molecule has 0 spiro atoms. The molecule has 2 aromatic rings. The molecule has 3 rings (SSSR count). The lowest BCUT2D eigenvalue weighted by atomic mass is 10.2.